The largest absolute Gasteiger partial charge is 0.461 e. The standard InChI is InChI=1S/C23H26N2O4/c1-5-28-22(26)17-12-14(3)20(24-17)19(16-10-8-7-9-11-16)21-15(4)13-18(25-21)23(27)29-6-2/h7-13,19,24-25H,5-6H2,1-4H3. The van der Waals surface area contributed by atoms with E-state index in [1.54, 1.807) is 26.0 Å². The molecule has 2 heterocycles. The molecule has 0 bridgehead atoms. The fraction of sp³-hybridized carbons (Fsp3) is 0.304. The molecule has 0 aliphatic carbocycles. The summed E-state index contributed by atoms with van der Waals surface area (Å²) < 4.78 is 10.3. The van der Waals surface area contributed by atoms with Crippen molar-refractivity contribution in [2.24, 2.45) is 0 Å². The maximum absolute atomic E-state index is 12.2. The molecule has 2 N–H and O–H groups in total. The molecular weight excluding hydrogens is 368 g/mol. The number of carbonyl (C=O) groups excluding carboxylic acids is 2. The molecule has 0 saturated heterocycles. The summed E-state index contributed by atoms with van der Waals surface area (Å²) in [7, 11) is 0. The summed E-state index contributed by atoms with van der Waals surface area (Å²) in [6.07, 6.45) is 0. The van der Waals surface area contributed by atoms with Gasteiger partial charge in [0.2, 0.25) is 0 Å². The fourth-order valence-corrected chi connectivity index (χ4v) is 3.51. The van der Waals surface area contributed by atoms with Gasteiger partial charge in [-0.3, -0.25) is 0 Å². The van der Waals surface area contributed by atoms with Gasteiger partial charge >= 0.3 is 11.9 Å². The molecule has 0 spiro atoms. The highest BCUT2D eigenvalue weighted by molar-refractivity contribution is 5.88. The fourth-order valence-electron chi connectivity index (χ4n) is 3.51. The normalized spacial score (nSPS) is 10.9. The summed E-state index contributed by atoms with van der Waals surface area (Å²) in [5, 5.41) is 0. The van der Waals surface area contributed by atoms with Crippen LogP contribution in [0.15, 0.2) is 42.5 Å². The Hall–Kier alpha value is -3.28. The first-order valence-corrected chi connectivity index (χ1v) is 9.74. The van der Waals surface area contributed by atoms with Crippen LogP contribution in [0.2, 0.25) is 0 Å². The number of aromatic amines is 2. The van der Waals surface area contributed by atoms with Crippen molar-refractivity contribution in [3.63, 3.8) is 0 Å². The van der Waals surface area contributed by atoms with Crippen LogP contribution in [-0.4, -0.2) is 35.1 Å². The molecule has 0 unspecified atom stereocenters. The van der Waals surface area contributed by atoms with Gasteiger partial charge in [-0.05, 0) is 56.5 Å². The van der Waals surface area contributed by atoms with Gasteiger partial charge in [-0.15, -0.1) is 0 Å². The Balaban J connectivity index is 2.11. The SMILES string of the molecule is CCOC(=O)c1cc(C)c(C(c2ccccc2)c2[nH]c(C(=O)OCC)cc2C)[nH]1. The third kappa shape index (κ3) is 4.26. The van der Waals surface area contributed by atoms with E-state index in [0.29, 0.717) is 24.6 Å². The average Bonchev–Trinajstić information content (AvgIpc) is 3.27. The van der Waals surface area contributed by atoms with E-state index in [1.807, 2.05) is 44.2 Å². The van der Waals surface area contributed by atoms with Crippen molar-refractivity contribution >= 4 is 11.9 Å². The topological polar surface area (TPSA) is 84.2 Å². The molecule has 0 atom stereocenters. The predicted molar refractivity (Wildman–Crippen MR) is 110 cm³/mol. The monoisotopic (exact) mass is 394 g/mol. The summed E-state index contributed by atoms with van der Waals surface area (Å²) in [6, 6.07) is 13.5. The number of hydrogen-bond acceptors (Lipinski definition) is 4. The number of aryl methyl sites for hydroxylation is 2. The second-order valence-corrected chi connectivity index (χ2v) is 6.84. The predicted octanol–water partition coefficient (Wildman–Crippen LogP) is 4.49. The van der Waals surface area contributed by atoms with Crippen LogP contribution in [0.3, 0.4) is 0 Å². The minimum Gasteiger partial charge on any atom is -0.461 e. The number of benzene rings is 1. The Morgan fingerprint density at radius 1 is 0.828 bits per heavy atom. The smallest absolute Gasteiger partial charge is 0.354 e. The lowest BCUT2D eigenvalue weighted by atomic mass is 9.89. The highest BCUT2D eigenvalue weighted by Crippen LogP contribution is 2.35. The number of H-pyrrole nitrogens is 2. The van der Waals surface area contributed by atoms with Crippen LogP contribution in [0, 0.1) is 13.8 Å². The van der Waals surface area contributed by atoms with Gasteiger partial charge in [0.1, 0.15) is 11.4 Å². The zero-order chi connectivity index (χ0) is 21.0. The molecule has 0 aliphatic rings. The lowest BCUT2D eigenvalue weighted by Gasteiger charge is -2.18. The van der Waals surface area contributed by atoms with Gasteiger partial charge in [-0.1, -0.05) is 30.3 Å². The molecule has 2 aromatic heterocycles. The Bertz CT molecular complexity index is 939. The molecule has 0 fully saturated rings. The molecule has 3 rings (SSSR count). The number of carbonyl (C=O) groups is 2. The zero-order valence-electron chi connectivity index (χ0n) is 17.2. The molecule has 1 aromatic carbocycles. The summed E-state index contributed by atoms with van der Waals surface area (Å²) in [5.41, 5.74) is 5.49. The van der Waals surface area contributed by atoms with Gasteiger partial charge in [0.15, 0.2) is 0 Å². The molecule has 3 aromatic rings. The first-order valence-electron chi connectivity index (χ1n) is 9.74. The van der Waals surface area contributed by atoms with Crippen LogP contribution in [0.5, 0.6) is 0 Å². The van der Waals surface area contributed by atoms with Crippen LogP contribution < -0.4 is 0 Å². The summed E-state index contributed by atoms with van der Waals surface area (Å²) >= 11 is 0. The molecule has 0 aliphatic heterocycles. The molecule has 152 valence electrons. The van der Waals surface area contributed by atoms with Crippen molar-refractivity contribution in [1.29, 1.82) is 0 Å². The van der Waals surface area contributed by atoms with E-state index in [2.05, 4.69) is 9.97 Å². The highest BCUT2D eigenvalue weighted by atomic mass is 16.5. The minimum absolute atomic E-state index is 0.206. The first-order chi connectivity index (χ1) is 14.0. The second-order valence-electron chi connectivity index (χ2n) is 6.84. The van der Waals surface area contributed by atoms with Crippen LogP contribution in [0.4, 0.5) is 0 Å². The Morgan fingerprint density at radius 3 is 1.69 bits per heavy atom. The molecule has 6 nitrogen and oxygen atoms in total. The van der Waals surface area contributed by atoms with Crippen LogP contribution in [0.25, 0.3) is 0 Å². The van der Waals surface area contributed by atoms with Gasteiger partial charge in [-0.25, -0.2) is 9.59 Å². The lowest BCUT2D eigenvalue weighted by Crippen LogP contribution is -2.10. The number of nitrogens with one attached hydrogen (secondary N) is 2. The molecule has 0 amide bonds. The number of aromatic nitrogens is 2. The lowest BCUT2D eigenvalue weighted by molar-refractivity contribution is 0.0511. The number of rotatable bonds is 7. The van der Waals surface area contributed by atoms with Crippen molar-refractivity contribution in [2.75, 3.05) is 13.2 Å². The maximum Gasteiger partial charge on any atom is 0.354 e. The van der Waals surface area contributed by atoms with Crippen molar-refractivity contribution in [2.45, 2.75) is 33.6 Å². The Morgan fingerprint density at radius 2 is 1.28 bits per heavy atom. The van der Waals surface area contributed by atoms with Crippen molar-refractivity contribution in [1.82, 2.24) is 9.97 Å². The Kier molecular flexibility index (Phi) is 6.22. The summed E-state index contributed by atoms with van der Waals surface area (Å²) in [6.45, 7) is 8.09. The van der Waals surface area contributed by atoms with Crippen LogP contribution in [0.1, 0.15) is 68.8 Å². The molecule has 0 saturated carbocycles. The van der Waals surface area contributed by atoms with Gasteiger partial charge in [0.25, 0.3) is 0 Å². The quantitative estimate of drug-likeness (QED) is 0.578. The maximum atomic E-state index is 12.2. The minimum atomic E-state index is -0.385. The number of hydrogen-bond donors (Lipinski definition) is 2. The second kappa shape index (κ2) is 8.82. The molecule has 0 radical (unpaired) electrons. The Labute approximate surface area is 170 Å². The van der Waals surface area contributed by atoms with E-state index >= 15 is 0 Å². The molecule has 29 heavy (non-hydrogen) atoms. The van der Waals surface area contributed by atoms with Gasteiger partial charge in [0, 0.05) is 11.4 Å². The number of esters is 2. The molecule has 6 heteroatoms. The summed E-state index contributed by atoms with van der Waals surface area (Å²) in [5.74, 6) is -0.976. The highest BCUT2D eigenvalue weighted by Gasteiger charge is 2.26. The average molecular weight is 394 g/mol. The third-order valence-electron chi connectivity index (χ3n) is 4.81. The van der Waals surface area contributed by atoms with Crippen molar-refractivity contribution in [3.8, 4) is 0 Å². The van der Waals surface area contributed by atoms with E-state index in [0.717, 1.165) is 28.1 Å². The van der Waals surface area contributed by atoms with E-state index < -0.39 is 0 Å². The van der Waals surface area contributed by atoms with E-state index in [1.165, 1.54) is 0 Å². The van der Waals surface area contributed by atoms with Crippen LogP contribution >= 0.6 is 0 Å². The van der Waals surface area contributed by atoms with Gasteiger partial charge in [0.05, 0.1) is 19.1 Å². The first kappa shape index (κ1) is 20.5. The third-order valence-corrected chi connectivity index (χ3v) is 4.81. The number of ether oxygens (including phenoxy) is 2. The molecular formula is C23H26N2O4. The van der Waals surface area contributed by atoms with Crippen molar-refractivity contribution < 1.29 is 19.1 Å². The van der Waals surface area contributed by atoms with Crippen molar-refractivity contribution in [3.05, 3.63) is 81.9 Å². The van der Waals surface area contributed by atoms with E-state index in [9.17, 15) is 9.59 Å². The van der Waals surface area contributed by atoms with E-state index in [-0.39, 0.29) is 17.9 Å². The summed E-state index contributed by atoms with van der Waals surface area (Å²) in [4.78, 5) is 30.9. The van der Waals surface area contributed by atoms with Crippen LogP contribution in [-0.2, 0) is 9.47 Å². The zero-order valence-corrected chi connectivity index (χ0v) is 17.2. The van der Waals surface area contributed by atoms with Gasteiger partial charge in [-0.2, -0.15) is 0 Å². The van der Waals surface area contributed by atoms with Gasteiger partial charge < -0.3 is 19.4 Å². The van der Waals surface area contributed by atoms with E-state index in [4.69, 9.17) is 9.47 Å².